The Morgan fingerprint density at radius 2 is 2.15 bits per heavy atom. The number of amides is 2. The zero-order chi connectivity index (χ0) is 19.4. The number of nitrogens with one attached hydrogen (secondary N) is 1. The van der Waals surface area contributed by atoms with Crippen LogP contribution in [-0.4, -0.2) is 55.0 Å². The van der Waals surface area contributed by atoms with Crippen LogP contribution in [0.4, 0.5) is 11.4 Å². The molecule has 0 bridgehead atoms. The zero-order valence-electron chi connectivity index (χ0n) is 15.8. The highest BCUT2D eigenvalue weighted by Gasteiger charge is 2.31. The van der Waals surface area contributed by atoms with E-state index in [4.69, 9.17) is 4.74 Å². The third kappa shape index (κ3) is 4.43. The molecule has 1 aromatic heterocycles. The summed E-state index contributed by atoms with van der Waals surface area (Å²) < 4.78 is 5.72. The fourth-order valence-electron chi connectivity index (χ4n) is 2.96. The van der Waals surface area contributed by atoms with Gasteiger partial charge in [-0.2, -0.15) is 0 Å². The largest absolute Gasteiger partial charge is 0.479 e. The number of benzene rings is 1. The number of fused-ring (bicyclic) bond motifs is 1. The summed E-state index contributed by atoms with van der Waals surface area (Å²) in [5.74, 6) is 0.321. The smallest absolute Gasteiger partial charge is 0.267 e. The van der Waals surface area contributed by atoms with E-state index in [9.17, 15) is 9.59 Å². The van der Waals surface area contributed by atoms with Crippen LogP contribution in [0.15, 0.2) is 42.7 Å². The third-order valence-corrected chi connectivity index (χ3v) is 4.34. The molecular weight excluding hydrogens is 344 g/mol. The molecule has 3 rings (SSSR count). The van der Waals surface area contributed by atoms with Gasteiger partial charge in [-0.05, 0) is 64.3 Å². The van der Waals surface area contributed by atoms with Gasteiger partial charge in [0.15, 0.2) is 6.10 Å². The van der Waals surface area contributed by atoms with E-state index in [1.54, 1.807) is 48.4 Å². The lowest BCUT2D eigenvalue weighted by Gasteiger charge is -2.33. The van der Waals surface area contributed by atoms with Gasteiger partial charge in [0.25, 0.3) is 11.8 Å². The van der Waals surface area contributed by atoms with Crippen LogP contribution in [0, 0.1) is 0 Å². The minimum atomic E-state index is -0.521. The van der Waals surface area contributed by atoms with Crippen LogP contribution in [0.3, 0.4) is 0 Å². The Kier molecular flexibility index (Phi) is 5.71. The van der Waals surface area contributed by atoms with E-state index in [1.807, 2.05) is 14.1 Å². The zero-order valence-corrected chi connectivity index (χ0v) is 15.8. The molecule has 27 heavy (non-hydrogen) atoms. The van der Waals surface area contributed by atoms with Crippen molar-refractivity contribution >= 4 is 23.2 Å². The molecule has 0 saturated carbocycles. The Bertz CT molecular complexity index is 823. The molecular formula is C20H24N4O3. The number of pyridine rings is 1. The van der Waals surface area contributed by atoms with Gasteiger partial charge in [-0.15, -0.1) is 0 Å². The first-order valence-electron chi connectivity index (χ1n) is 8.94. The topological polar surface area (TPSA) is 74.8 Å². The van der Waals surface area contributed by atoms with Gasteiger partial charge in [0, 0.05) is 24.6 Å². The monoisotopic (exact) mass is 368 g/mol. The normalized spacial score (nSPS) is 16.1. The molecule has 2 heterocycles. The van der Waals surface area contributed by atoms with Gasteiger partial charge in [-0.25, -0.2) is 0 Å². The molecule has 1 atom stereocenters. The van der Waals surface area contributed by atoms with Crippen molar-refractivity contribution < 1.29 is 14.3 Å². The summed E-state index contributed by atoms with van der Waals surface area (Å²) in [4.78, 5) is 32.8. The standard InChI is InChI=1S/C20H24N4O3/c1-14-20(26)24(11-5-10-23(2)3)17-12-16(7-8-18(17)27-14)22-19(25)15-6-4-9-21-13-15/h4,6-9,12-14H,5,10-11H2,1-3H3,(H,22,25). The maximum atomic E-state index is 12.6. The van der Waals surface area contributed by atoms with Crippen LogP contribution in [0.1, 0.15) is 23.7 Å². The van der Waals surface area contributed by atoms with Gasteiger partial charge in [0.1, 0.15) is 5.75 Å². The summed E-state index contributed by atoms with van der Waals surface area (Å²) in [6.07, 6.45) is 3.45. The van der Waals surface area contributed by atoms with E-state index in [0.717, 1.165) is 13.0 Å². The van der Waals surface area contributed by atoms with E-state index in [-0.39, 0.29) is 11.8 Å². The van der Waals surface area contributed by atoms with Crippen LogP contribution >= 0.6 is 0 Å². The molecule has 1 unspecified atom stereocenters. The number of hydrogen-bond acceptors (Lipinski definition) is 5. The van der Waals surface area contributed by atoms with Gasteiger partial charge in [-0.3, -0.25) is 14.6 Å². The number of rotatable bonds is 6. The molecule has 142 valence electrons. The minimum Gasteiger partial charge on any atom is -0.479 e. The van der Waals surface area contributed by atoms with E-state index in [2.05, 4.69) is 15.2 Å². The molecule has 2 aromatic rings. The Balaban J connectivity index is 1.81. The SMILES string of the molecule is CC1Oc2ccc(NC(=O)c3cccnc3)cc2N(CCCN(C)C)C1=O. The van der Waals surface area contributed by atoms with E-state index >= 15 is 0 Å². The Hall–Kier alpha value is -2.93. The number of anilines is 2. The molecule has 1 aromatic carbocycles. The van der Waals surface area contributed by atoms with Crippen molar-refractivity contribution in [2.24, 2.45) is 0 Å². The number of aromatic nitrogens is 1. The van der Waals surface area contributed by atoms with Gasteiger partial charge in [0.2, 0.25) is 0 Å². The second kappa shape index (κ2) is 8.18. The van der Waals surface area contributed by atoms with Crippen LogP contribution in [-0.2, 0) is 4.79 Å². The highest BCUT2D eigenvalue weighted by atomic mass is 16.5. The van der Waals surface area contributed by atoms with Crippen LogP contribution < -0.4 is 15.0 Å². The maximum Gasteiger partial charge on any atom is 0.267 e. The van der Waals surface area contributed by atoms with Crippen molar-refractivity contribution in [1.29, 1.82) is 0 Å². The average Bonchev–Trinajstić information content (AvgIpc) is 2.65. The fraction of sp³-hybridized carbons (Fsp3) is 0.350. The molecule has 0 aliphatic carbocycles. The van der Waals surface area contributed by atoms with E-state index in [1.165, 1.54) is 6.20 Å². The summed E-state index contributed by atoms with van der Waals surface area (Å²) in [6, 6.07) is 8.75. The number of carbonyl (C=O) groups is 2. The lowest BCUT2D eigenvalue weighted by molar-refractivity contribution is -0.125. The summed E-state index contributed by atoms with van der Waals surface area (Å²) in [6.45, 7) is 3.23. The second-order valence-electron chi connectivity index (χ2n) is 6.79. The first kappa shape index (κ1) is 18.8. The maximum absolute atomic E-state index is 12.6. The van der Waals surface area contributed by atoms with Crippen molar-refractivity contribution in [3.63, 3.8) is 0 Å². The van der Waals surface area contributed by atoms with Crippen molar-refractivity contribution in [3.8, 4) is 5.75 Å². The summed E-state index contributed by atoms with van der Waals surface area (Å²) in [5.41, 5.74) is 1.76. The van der Waals surface area contributed by atoms with Gasteiger partial charge in [-0.1, -0.05) is 0 Å². The van der Waals surface area contributed by atoms with Crippen LogP contribution in [0.25, 0.3) is 0 Å². The Morgan fingerprint density at radius 3 is 2.85 bits per heavy atom. The summed E-state index contributed by atoms with van der Waals surface area (Å²) >= 11 is 0. The van der Waals surface area contributed by atoms with Crippen molar-refractivity contribution in [2.75, 3.05) is 37.4 Å². The molecule has 7 nitrogen and oxygen atoms in total. The third-order valence-electron chi connectivity index (χ3n) is 4.34. The summed E-state index contributed by atoms with van der Waals surface area (Å²) in [7, 11) is 4.01. The molecule has 0 radical (unpaired) electrons. The van der Waals surface area contributed by atoms with E-state index < -0.39 is 6.10 Å². The minimum absolute atomic E-state index is 0.0722. The molecule has 1 N–H and O–H groups in total. The lowest BCUT2D eigenvalue weighted by atomic mass is 10.1. The van der Waals surface area contributed by atoms with Gasteiger partial charge < -0.3 is 19.9 Å². The van der Waals surface area contributed by atoms with E-state index in [0.29, 0.717) is 29.2 Å². The molecule has 2 amide bonds. The first-order valence-corrected chi connectivity index (χ1v) is 8.94. The van der Waals surface area contributed by atoms with Crippen molar-refractivity contribution in [3.05, 3.63) is 48.3 Å². The predicted molar refractivity (Wildman–Crippen MR) is 104 cm³/mol. The molecule has 0 spiro atoms. The van der Waals surface area contributed by atoms with Crippen LogP contribution in [0.2, 0.25) is 0 Å². The molecule has 0 saturated heterocycles. The quantitative estimate of drug-likeness (QED) is 0.847. The summed E-state index contributed by atoms with van der Waals surface area (Å²) in [5, 5.41) is 2.85. The van der Waals surface area contributed by atoms with Crippen molar-refractivity contribution in [1.82, 2.24) is 9.88 Å². The van der Waals surface area contributed by atoms with Gasteiger partial charge >= 0.3 is 0 Å². The number of hydrogen-bond donors (Lipinski definition) is 1. The van der Waals surface area contributed by atoms with Crippen LogP contribution in [0.5, 0.6) is 5.75 Å². The fourth-order valence-corrected chi connectivity index (χ4v) is 2.96. The Morgan fingerprint density at radius 1 is 1.33 bits per heavy atom. The number of ether oxygens (including phenoxy) is 1. The average molecular weight is 368 g/mol. The molecule has 1 aliphatic heterocycles. The predicted octanol–water partition coefficient (Wildman–Crippen LogP) is 2.40. The Labute approximate surface area is 158 Å². The second-order valence-corrected chi connectivity index (χ2v) is 6.79. The van der Waals surface area contributed by atoms with Gasteiger partial charge in [0.05, 0.1) is 11.3 Å². The molecule has 1 aliphatic rings. The molecule has 0 fully saturated rings. The number of carbonyl (C=O) groups excluding carboxylic acids is 2. The lowest BCUT2D eigenvalue weighted by Crippen LogP contribution is -2.45. The highest BCUT2D eigenvalue weighted by Crippen LogP contribution is 2.36. The molecule has 7 heteroatoms. The first-order chi connectivity index (χ1) is 13.0. The highest BCUT2D eigenvalue weighted by molar-refractivity contribution is 6.05. The van der Waals surface area contributed by atoms with Crippen molar-refractivity contribution in [2.45, 2.75) is 19.4 Å². The number of nitrogens with zero attached hydrogens (tertiary/aromatic N) is 3.